The fourth-order valence-electron chi connectivity index (χ4n) is 2.11. The molecule has 2 heterocycles. The lowest BCUT2D eigenvalue weighted by atomic mass is 10.1. The standard InChI is InChI=1S/C15H9F6N5O3.C2H6/c1-27-10-5-8(4-9(6-10)14(16,17)18)12-22-7-26(23-12)3-2-11-13(25-29-24-11)28-15(19,20)21;1-2/h2-7H,1H3;1-2H3/b3-2-;. The second-order valence-electron chi connectivity index (χ2n) is 5.31. The first kappa shape index (κ1) is 23.7. The minimum Gasteiger partial charge on any atom is -0.497 e. The van der Waals surface area contributed by atoms with Crippen LogP contribution in [0, 0.1) is 0 Å². The van der Waals surface area contributed by atoms with Crippen molar-refractivity contribution >= 4 is 12.3 Å². The van der Waals surface area contributed by atoms with Gasteiger partial charge in [-0.3, -0.25) is 0 Å². The van der Waals surface area contributed by atoms with Crippen LogP contribution < -0.4 is 9.47 Å². The van der Waals surface area contributed by atoms with Gasteiger partial charge in [0.15, 0.2) is 11.5 Å². The largest absolute Gasteiger partial charge is 0.574 e. The first-order valence-corrected chi connectivity index (χ1v) is 8.49. The normalized spacial score (nSPS) is 11.9. The number of hydrogen-bond acceptors (Lipinski definition) is 7. The van der Waals surface area contributed by atoms with E-state index in [0.29, 0.717) is 0 Å². The van der Waals surface area contributed by atoms with Crippen molar-refractivity contribution in [1.82, 2.24) is 25.1 Å². The summed E-state index contributed by atoms with van der Waals surface area (Å²) in [5.41, 5.74) is -1.32. The van der Waals surface area contributed by atoms with Crippen LogP contribution in [-0.4, -0.2) is 38.5 Å². The summed E-state index contributed by atoms with van der Waals surface area (Å²) in [6.45, 7) is 4.00. The lowest BCUT2D eigenvalue weighted by molar-refractivity contribution is -0.276. The van der Waals surface area contributed by atoms with Gasteiger partial charge in [0.25, 0.3) is 5.88 Å². The van der Waals surface area contributed by atoms with Crippen LogP contribution in [0.3, 0.4) is 0 Å². The van der Waals surface area contributed by atoms with Gasteiger partial charge in [-0.1, -0.05) is 13.8 Å². The number of benzene rings is 1. The zero-order valence-electron chi connectivity index (χ0n) is 16.2. The monoisotopic (exact) mass is 451 g/mol. The van der Waals surface area contributed by atoms with E-state index in [9.17, 15) is 26.3 Å². The first-order chi connectivity index (χ1) is 14.5. The van der Waals surface area contributed by atoms with E-state index in [1.807, 2.05) is 13.8 Å². The van der Waals surface area contributed by atoms with Gasteiger partial charge in [-0.05, 0) is 34.6 Å². The molecule has 0 atom stereocenters. The third-order valence-electron chi connectivity index (χ3n) is 3.32. The maximum Gasteiger partial charge on any atom is 0.574 e. The molecule has 31 heavy (non-hydrogen) atoms. The minimum atomic E-state index is -5.00. The van der Waals surface area contributed by atoms with Gasteiger partial charge < -0.3 is 9.47 Å². The summed E-state index contributed by atoms with van der Waals surface area (Å²) in [5, 5.41) is 10.2. The molecule has 0 aliphatic carbocycles. The number of ether oxygens (including phenoxy) is 2. The number of nitrogens with zero attached hydrogens (tertiary/aromatic N) is 5. The highest BCUT2D eigenvalue weighted by molar-refractivity contribution is 5.62. The Morgan fingerprint density at radius 3 is 2.35 bits per heavy atom. The molecule has 0 unspecified atom stereocenters. The highest BCUT2D eigenvalue weighted by Gasteiger charge is 2.34. The number of aromatic nitrogens is 5. The molecule has 3 aromatic rings. The number of rotatable bonds is 5. The van der Waals surface area contributed by atoms with E-state index in [4.69, 9.17) is 4.74 Å². The van der Waals surface area contributed by atoms with Crippen LogP contribution in [0.5, 0.6) is 11.6 Å². The quantitative estimate of drug-likeness (QED) is 0.510. The van der Waals surface area contributed by atoms with Crippen molar-refractivity contribution in [3.63, 3.8) is 0 Å². The molecule has 8 nitrogen and oxygen atoms in total. The Morgan fingerprint density at radius 2 is 1.74 bits per heavy atom. The van der Waals surface area contributed by atoms with Crippen molar-refractivity contribution in [2.45, 2.75) is 26.4 Å². The van der Waals surface area contributed by atoms with E-state index in [1.54, 1.807) is 0 Å². The highest BCUT2D eigenvalue weighted by atomic mass is 19.4. The summed E-state index contributed by atoms with van der Waals surface area (Å²) >= 11 is 0. The van der Waals surface area contributed by atoms with Gasteiger partial charge in [-0.25, -0.2) is 14.3 Å². The van der Waals surface area contributed by atoms with E-state index >= 15 is 0 Å². The van der Waals surface area contributed by atoms with E-state index in [1.165, 1.54) is 13.2 Å². The summed E-state index contributed by atoms with van der Waals surface area (Å²) in [6.07, 6.45) is -6.33. The van der Waals surface area contributed by atoms with Crippen molar-refractivity contribution in [2.24, 2.45) is 0 Å². The Hall–Kier alpha value is -3.58. The molecule has 0 saturated heterocycles. The topological polar surface area (TPSA) is 88.1 Å². The van der Waals surface area contributed by atoms with E-state index in [2.05, 4.69) is 29.8 Å². The van der Waals surface area contributed by atoms with Crippen molar-refractivity contribution in [2.75, 3.05) is 7.11 Å². The maximum atomic E-state index is 13.0. The van der Waals surface area contributed by atoms with Crippen LogP contribution in [0.2, 0.25) is 0 Å². The minimum absolute atomic E-state index is 0.0213. The Balaban J connectivity index is 0.00000166. The van der Waals surface area contributed by atoms with Gasteiger partial charge in [0, 0.05) is 11.8 Å². The summed E-state index contributed by atoms with van der Waals surface area (Å²) in [7, 11) is 1.21. The summed E-state index contributed by atoms with van der Waals surface area (Å²) in [6, 6.07) is 2.96. The Labute approximate surface area is 171 Å². The number of methoxy groups -OCH3 is 1. The molecular weight excluding hydrogens is 436 g/mol. The summed E-state index contributed by atoms with van der Waals surface area (Å²) in [4.78, 5) is 3.87. The molecule has 0 N–H and O–H groups in total. The molecule has 0 saturated carbocycles. The fraction of sp³-hybridized carbons (Fsp3) is 0.294. The van der Waals surface area contributed by atoms with Crippen LogP contribution in [0.25, 0.3) is 23.7 Å². The molecule has 0 fully saturated rings. The highest BCUT2D eigenvalue weighted by Crippen LogP contribution is 2.34. The first-order valence-electron chi connectivity index (χ1n) is 8.49. The molecule has 0 amide bonds. The van der Waals surface area contributed by atoms with Crippen molar-refractivity contribution < 1.29 is 40.4 Å². The second kappa shape index (κ2) is 9.49. The summed E-state index contributed by atoms with van der Waals surface area (Å²) in [5.74, 6) is -1.05. The predicted molar refractivity (Wildman–Crippen MR) is 94.6 cm³/mol. The van der Waals surface area contributed by atoms with Gasteiger partial charge in [-0.15, -0.1) is 18.3 Å². The third kappa shape index (κ3) is 6.45. The van der Waals surface area contributed by atoms with E-state index < -0.39 is 24.0 Å². The van der Waals surface area contributed by atoms with E-state index in [-0.39, 0.29) is 22.8 Å². The lowest BCUT2D eigenvalue weighted by Crippen LogP contribution is -2.17. The third-order valence-corrected chi connectivity index (χ3v) is 3.32. The van der Waals surface area contributed by atoms with Crippen molar-refractivity contribution in [3.05, 3.63) is 35.8 Å². The maximum absolute atomic E-state index is 13.0. The molecule has 14 heteroatoms. The fourth-order valence-corrected chi connectivity index (χ4v) is 2.11. The van der Waals surface area contributed by atoms with Crippen molar-refractivity contribution in [1.29, 1.82) is 0 Å². The lowest BCUT2D eigenvalue weighted by Gasteiger charge is -2.10. The van der Waals surface area contributed by atoms with Gasteiger partial charge in [0.2, 0.25) is 0 Å². The molecule has 3 rings (SSSR count). The predicted octanol–water partition coefficient (Wildman–Crippen LogP) is 4.91. The molecule has 0 spiro atoms. The van der Waals surface area contributed by atoms with Crippen molar-refractivity contribution in [3.8, 4) is 23.0 Å². The smallest absolute Gasteiger partial charge is 0.497 e. The van der Waals surface area contributed by atoms with Crippen LogP contribution in [0.4, 0.5) is 26.3 Å². The van der Waals surface area contributed by atoms with E-state index in [0.717, 1.165) is 35.4 Å². The Bertz CT molecular complexity index is 1030. The second-order valence-corrected chi connectivity index (χ2v) is 5.31. The van der Waals surface area contributed by atoms with Crippen LogP contribution in [0.1, 0.15) is 25.1 Å². The van der Waals surface area contributed by atoms with Gasteiger partial charge in [0.1, 0.15) is 12.1 Å². The number of hydrogen-bond donors (Lipinski definition) is 0. The molecule has 0 bridgehead atoms. The van der Waals surface area contributed by atoms with Crippen LogP contribution in [-0.2, 0) is 6.18 Å². The molecule has 2 aromatic heterocycles. The Morgan fingerprint density at radius 1 is 1.03 bits per heavy atom. The zero-order valence-corrected chi connectivity index (χ0v) is 16.2. The molecule has 0 aliphatic rings. The zero-order chi connectivity index (χ0) is 23.2. The number of halogens is 6. The van der Waals surface area contributed by atoms with Crippen LogP contribution >= 0.6 is 0 Å². The van der Waals surface area contributed by atoms with Gasteiger partial charge >= 0.3 is 12.5 Å². The molecule has 0 aliphatic heterocycles. The van der Waals surface area contributed by atoms with Gasteiger partial charge in [0.05, 0.1) is 12.7 Å². The van der Waals surface area contributed by atoms with Gasteiger partial charge in [-0.2, -0.15) is 13.2 Å². The summed E-state index contributed by atoms with van der Waals surface area (Å²) < 4.78 is 89.5. The molecule has 0 radical (unpaired) electrons. The SMILES string of the molecule is CC.COc1cc(-c2ncn(/C=C\c3nonc3OC(F)(F)F)n2)cc(C(F)(F)F)c1. The number of alkyl halides is 6. The molecule has 168 valence electrons. The average molecular weight is 451 g/mol. The Kier molecular flexibility index (Phi) is 7.25. The van der Waals surface area contributed by atoms with Crippen LogP contribution in [0.15, 0.2) is 29.2 Å². The molecular formula is C17H15F6N5O3. The average Bonchev–Trinajstić information content (AvgIpc) is 3.35. The molecule has 1 aromatic carbocycles.